The van der Waals surface area contributed by atoms with Gasteiger partial charge in [0.05, 0.1) is 13.2 Å². The van der Waals surface area contributed by atoms with Gasteiger partial charge in [-0.3, -0.25) is 11.5 Å². The second-order valence-electron chi connectivity index (χ2n) is 5.31. The largest absolute Gasteiger partial charge is 0.494 e. The highest BCUT2D eigenvalue weighted by atomic mass is 16.5. The number of fused-ring (bicyclic) bond motifs is 3. The van der Waals surface area contributed by atoms with Gasteiger partial charge < -0.3 is 9.47 Å². The molecule has 0 unspecified atom stereocenters. The molecule has 0 fully saturated rings. The quantitative estimate of drug-likeness (QED) is 0.363. The minimum absolute atomic E-state index is 0.0411. The second kappa shape index (κ2) is 6.62. The fourth-order valence-corrected chi connectivity index (χ4v) is 2.81. The van der Waals surface area contributed by atoms with Gasteiger partial charge in [-0.1, -0.05) is 0 Å². The van der Waals surface area contributed by atoms with Gasteiger partial charge in [0.15, 0.2) is 0 Å². The second-order valence-corrected chi connectivity index (χ2v) is 5.31. The van der Waals surface area contributed by atoms with Crippen LogP contribution in [0.2, 0.25) is 0 Å². The minimum Gasteiger partial charge on any atom is -0.494 e. The highest BCUT2D eigenvalue weighted by molar-refractivity contribution is 6.24. The van der Waals surface area contributed by atoms with E-state index in [1.165, 1.54) is 0 Å². The first-order valence-corrected chi connectivity index (χ1v) is 7.90. The van der Waals surface area contributed by atoms with E-state index in [4.69, 9.17) is 20.9 Å². The van der Waals surface area contributed by atoms with Crippen LogP contribution in [0, 0.1) is 0 Å². The maximum Gasteiger partial charge on any atom is 0.362 e. The number of nitrogens with one attached hydrogen (secondary N) is 1. The molecule has 6 nitrogen and oxygen atoms in total. The van der Waals surface area contributed by atoms with Crippen LogP contribution in [-0.2, 0) is 0 Å². The van der Waals surface area contributed by atoms with Crippen molar-refractivity contribution in [1.29, 1.82) is 0 Å². The molecule has 0 atom stereocenters. The lowest BCUT2D eigenvalue weighted by Gasteiger charge is -2.06. The van der Waals surface area contributed by atoms with Crippen molar-refractivity contribution in [3.8, 4) is 22.6 Å². The Morgan fingerprint density at radius 3 is 1.79 bits per heavy atom. The molecular formula is C18H21N4O2+. The van der Waals surface area contributed by atoms with Crippen LogP contribution < -0.4 is 26.0 Å². The fraction of sp³-hybridized carbons (Fsp3) is 0.222. The Morgan fingerprint density at radius 2 is 1.38 bits per heavy atom. The summed E-state index contributed by atoms with van der Waals surface area (Å²) in [5.74, 6) is 1.64. The SMILES string of the molecule is CCOc1ccc2c(c1)C(=N[NH+]=C(N)N)c1cc(OCC)ccc1-2. The summed E-state index contributed by atoms with van der Waals surface area (Å²) in [5.41, 5.74) is 15.9. The summed E-state index contributed by atoms with van der Waals surface area (Å²) in [6, 6.07) is 12.0. The average Bonchev–Trinajstić information content (AvgIpc) is 2.86. The zero-order chi connectivity index (χ0) is 17.1. The smallest absolute Gasteiger partial charge is 0.362 e. The molecule has 0 bridgehead atoms. The van der Waals surface area contributed by atoms with Crippen LogP contribution in [-0.4, -0.2) is 24.9 Å². The van der Waals surface area contributed by atoms with E-state index in [0.29, 0.717) is 13.2 Å². The first-order chi connectivity index (χ1) is 11.6. The molecule has 0 radical (unpaired) electrons. The summed E-state index contributed by atoms with van der Waals surface area (Å²) in [6.07, 6.45) is 0. The van der Waals surface area contributed by atoms with E-state index in [0.717, 1.165) is 39.5 Å². The van der Waals surface area contributed by atoms with Crippen molar-refractivity contribution in [2.45, 2.75) is 13.8 Å². The number of ether oxygens (including phenoxy) is 2. The number of nitrogens with zero attached hydrogens (tertiary/aromatic N) is 1. The number of rotatable bonds is 5. The molecule has 2 aromatic carbocycles. The van der Waals surface area contributed by atoms with E-state index < -0.39 is 0 Å². The highest BCUT2D eigenvalue weighted by Crippen LogP contribution is 2.40. The van der Waals surface area contributed by atoms with Crippen LogP contribution in [0.15, 0.2) is 41.5 Å². The van der Waals surface area contributed by atoms with Gasteiger partial charge in [-0.25, -0.2) is 0 Å². The Balaban J connectivity index is 2.17. The summed E-state index contributed by atoms with van der Waals surface area (Å²) in [4.78, 5) is 0. The van der Waals surface area contributed by atoms with Crippen molar-refractivity contribution in [3.63, 3.8) is 0 Å². The average molecular weight is 325 g/mol. The summed E-state index contributed by atoms with van der Waals surface area (Å²) in [6.45, 7) is 5.12. The van der Waals surface area contributed by atoms with Crippen molar-refractivity contribution < 1.29 is 14.6 Å². The van der Waals surface area contributed by atoms with Gasteiger partial charge >= 0.3 is 5.96 Å². The first-order valence-electron chi connectivity index (χ1n) is 7.90. The molecule has 5 N–H and O–H groups in total. The predicted molar refractivity (Wildman–Crippen MR) is 94.2 cm³/mol. The Labute approximate surface area is 140 Å². The van der Waals surface area contributed by atoms with Gasteiger partial charge in [-0.05, 0) is 61.4 Å². The summed E-state index contributed by atoms with van der Waals surface area (Å²) >= 11 is 0. The predicted octanol–water partition coefficient (Wildman–Crippen LogP) is 0.571. The zero-order valence-electron chi connectivity index (χ0n) is 13.8. The van der Waals surface area contributed by atoms with E-state index in [1.807, 2.05) is 50.2 Å². The maximum absolute atomic E-state index is 5.61. The number of hydrogen-bond acceptors (Lipinski definition) is 3. The molecule has 3 rings (SSSR count). The summed E-state index contributed by atoms with van der Waals surface area (Å²) in [5, 5.41) is 7.03. The molecule has 0 saturated heterocycles. The molecule has 0 aliphatic heterocycles. The fourth-order valence-electron chi connectivity index (χ4n) is 2.81. The lowest BCUT2D eigenvalue weighted by molar-refractivity contribution is -0.464. The van der Waals surface area contributed by atoms with E-state index in [9.17, 15) is 0 Å². The van der Waals surface area contributed by atoms with Crippen LogP contribution in [0.5, 0.6) is 11.5 Å². The van der Waals surface area contributed by atoms with Crippen LogP contribution in [0.3, 0.4) is 0 Å². The van der Waals surface area contributed by atoms with Gasteiger partial charge in [-0.15, -0.1) is 5.10 Å². The van der Waals surface area contributed by atoms with Crippen LogP contribution >= 0.6 is 0 Å². The van der Waals surface area contributed by atoms with Crippen molar-refractivity contribution >= 4 is 11.7 Å². The molecule has 0 saturated carbocycles. The van der Waals surface area contributed by atoms with Crippen LogP contribution in [0.1, 0.15) is 25.0 Å². The third-order valence-corrected chi connectivity index (χ3v) is 3.70. The molecule has 1 aliphatic carbocycles. The third-order valence-electron chi connectivity index (χ3n) is 3.70. The minimum atomic E-state index is 0.0411. The number of nitrogens with two attached hydrogens (primary N) is 2. The Morgan fingerprint density at radius 1 is 0.875 bits per heavy atom. The molecule has 24 heavy (non-hydrogen) atoms. The molecule has 1 aliphatic rings. The zero-order valence-corrected chi connectivity index (χ0v) is 13.8. The number of hydrazone groups is 1. The van der Waals surface area contributed by atoms with Gasteiger partial charge in [0.2, 0.25) is 0 Å². The Bertz CT molecular complexity index is 766. The van der Waals surface area contributed by atoms with E-state index in [-0.39, 0.29) is 5.96 Å². The molecule has 0 aromatic heterocycles. The summed E-state index contributed by atoms with van der Waals surface area (Å²) < 4.78 is 11.2. The molecule has 6 heteroatoms. The van der Waals surface area contributed by atoms with Gasteiger partial charge in [-0.2, -0.15) is 5.10 Å². The molecule has 0 heterocycles. The lowest BCUT2D eigenvalue weighted by atomic mass is 10.1. The van der Waals surface area contributed by atoms with Gasteiger partial charge in [0.1, 0.15) is 17.2 Å². The summed E-state index contributed by atoms with van der Waals surface area (Å²) in [7, 11) is 0. The van der Waals surface area contributed by atoms with E-state index in [1.54, 1.807) is 0 Å². The number of hydrogen-bond donors (Lipinski definition) is 3. The van der Waals surface area contributed by atoms with Crippen LogP contribution in [0.4, 0.5) is 0 Å². The normalized spacial score (nSPS) is 11.5. The Kier molecular flexibility index (Phi) is 4.37. The van der Waals surface area contributed by atoms with Crippen molar-refractivity contribution in [2.24, 2.45) is 16.6 Å². The molecule has 0 amide bonds. The monoisotopic (exact) mass is 325 g/mol. The number of benzene rings is 2. The van der Waals surface area contributed by atoms with Crippen molar-refractivity contribution in [2.75, 3.05) is 13.2 Å². The number of guanidine groups is 1. The maximum atomic E-state index is 5.61. The topological polar surface area (TPSA) is 96.8 Å². The Hall–Kier alpha value is -3.02. The molecule has 0 spiro atoms. The van der Waals surface area contributed by atoms with Crippen molar-refractivity contribution in [1.82, 2.24) is 0 Å². The lowest BCUT2D eigenvalue weighted by Crippen LogP contribution is -2.73. The first kappa shape index (κ1) is 15.9. The standard InChI is InChI=1S/C18H20N4O2/c1-3-23-11-5-7-13-14-8-6-12(24-4-2)10-16(14)17(15(13)9-11)21-22-18(19)20/h5-10H,3-4H2,1-2H3,(H4,19,20,22)/p+1. The van der Waals surface area contributed by atoms with Gasteiger partial charge in [0.25, 0.3) is 0 Å². The van der Waals surface area contributed by atoms with Crippen molar-refractivity contribution in [3.05, 3.63) is 47.5 Å². The molecular weight excluding hydrogens is 304 g/mol. The molecule has 124 valence electrons. The third kappa shape index (κ3) is 2.90. The molecule has 2 aromatic rings. The van der Waals surface area contributed by atoms with Crippen LogP contribution in [0.25, 0.3) is 11.1 Å². The van der Waals surface area contributed by atoms with E-state index >= 15 is 0 Å². The van der Waals surface area contributed by atoms with Gasteiger partial charge in [0, 0.05) is 11.1 Å². The highest BCUT2D eigenvalue weighted by Gasteiger charge is 2.26. The van der Waals surface area contributed by atoms with E-state index in [2.05, 4.69) is 10.2 Å².